The zero-order chi connectivity index (χ0) is 18.0. The molecule has 25 heavy (non-hydrogen) atoms. The van der Waals surface area contributed by atoms with Gasteiger partial charge in [0.1, 0.15) is 5.82 Å². The van der Waals surface area contributed by atoms with Gasteiger partial charge in [-0.1, -0.05) is 23.7 Å². The molecule has 1 saturated heterocycles. The standard InChI is InChI=1S/C17H21ClN4O2S/c1-3-22(13-8-9-25(23,24)11-13)16-10-12(2)19-17(21-16)20-15-7-5-4-6-14(15)18/h4-7,10,13H,3,8-9,11H2,1-2H3,(H,19,20,21). The van der Waals surface area contributed by atoms with Gasteiger partial charge in [-0.05, 0) is 32.4 Å². The van der Waals surface area contributed by atoms with E-state index in [4.69, 9.17) is 11.6 Å². The second-order valence-corrected chi connectivity index (χ2v) is 8.77. The van der Waals surface area contributed by atoms with Crippen molar-refractivity contribution in [3.63, 3.8) is 0 Å². The van der Waals surface area contributed by atoms with E-state index in [1.807, 2.05) is 43.0 Å². The largest absolute Gasteiger partial charge is 0.353 e. The Kier molecular flexibility index (Phi) is 5.15. The molecule has 2 aromatic rings. The summed E-state index contributed by atoms with van der Waals surface area (Å²) in [7, 11) is -2.95. The van der Waals surface area contributed by atoms with Gasteiger partial charge in [0.15, 0.2) is 9.84 Å². The molecule has 8 heteroatoms. The summed E-state index contributed by atoms with van der Waals surface area (Å²) in [5.41, 5.74) is 1.53. The molecular formula is C17H21ClN4O2S. The number of rotatable bonds is 5. The van der Waals surface area contributed by atoms with Crippen LogP contribution < -0.4 is 10.2 Å². The maximum Gasteiger partial charge on any atom is 0.229 e. The smallest absolute Gasteiger partial charge is 0.229 e. The molecule has 134 valence electrons. The highest BCUT2D eigenvalue weighted by Crippen LogP contribution is 2.27. The van der Waals surface area contributed by atoms with E-state index in [1.165, 1.54) is 0 Å². The van der Waals surface area contributed by atoms with Crippen LogP contribution in [0, 0.1) is 6.92 Å². The van der Waals surface area contributed by atoms with Crippen LogP contribution in [0.4, 0.5) is 17.5 Å². The first-order valence-electron chi connectivity index (χ1n) is 8.22. The van der Waals surface area contributed by atoms with Crippen molar-refractivity contribution in [1.29, 1.82) is 0 Å². The van der Waals surface area contributed by atoms with Gasteiger partial charge in [0.25, 0.3) is 0 Å². The zero-order valence-corrected chi connectivity index (χ0v) is 15.8. The highest BCUT2D eigenvalue weighted by Gasteiger charge is 2.32. The number of aryl methyl sites for hydroxylation is 1. The summed E-state index contributed by atoms with van der Waals surface area (Å²) >= 11 is 6.18. The van der Waals surface area contributed by atoms with E-state index in [0.717, 1.165) is 17.2 Å². The third-order valence-electron chi connectivity index (χ3n) is 4.25. The predicted octanol–water partition coefficient (Wildman–Crippen LogP) is 3.20. The molecule has 3 rings (SSSR count). The highest BCUT2D eigenvalue weighted by atomic mass is 35.5. The van der Waals surface area contributed by atoms with E-state index in [1.54, 1.807) is 6.07 Å². The molecule has 6 nitrogen and oxygen atoms in total. The lowest BCUT2D eigenvalue weighted by Gasteiger charge is -2.28. The summed E-state index contributed by atoms with van der Waals surface area (Å²) in [5.74, 6) is 1.59. The minimum absolute atomic E-state index is 0.0440. The second kappa shape index (κ2) is 7.17. The first-order chi connectivity index (χ1) is 11.9. The van der Waals surface area contributed by atoms with Crippen LogP contribution in [-0.4, -0.2) is 42.5 Å². The zero-order valence-electron chi connectivity index (χ0n) is 14.2. The van der Waals surface area contributed by atoms with Crippen LogP contribution in [0.5, 0.6) is 0 Å². The number of hydrogen-bond acceptors (Lipinski definition) is 6. The number of anilines is 3. The van der Waals surface area contributed by atoms with Crippen LogP contribution >= 0.6 is 11.6 Å². The summed E-state index contributed by atoms with van der Waals surface area (Å²) in [5, 5.41) is 3.73. The van der Waals surface area contributed by atoms with Crippen molar-refractivity contribution in [2.75, 3.05) is 28.3 Å². The fourth-order valence-electron chi connectivity index (χ4n) is 3.07. The number of benzene rings is 1. The van der Waals surface area contributed by atoms with Gasteiger partial charge >= 0.3 is 0 Å². The number of para-hydroxylation sites is 1. The number of aromatic nitrogens is 2. The van der Waals surface area contributed by atoms with E-state index in [0.29, 0.717) is 23.9 Å². The van der Waals surface area contributed by atoms with Crippen LogP contribution in [0.15, 0.2) is 30.3 Å². The Morgan fingerprint density at radius 2 is 2.08 bits per heavy atom. The molecule has 0 saturated carbocycles. The Morgan fingerprint density at radius 3 is 2.72 bits per heavy atom. The van der Waals surface area contributed by atoms with Crippen molar-refractivity contribution >= 4 is 38.9 Å². The first-order valence-corrected chi connectivity index (χ1v) is 10.4. The van der Waals surface area contributed by atoms with Gasteiger partial charge in [-0.25, -0.2) is 13.4 Å². The van der Waals surface area contributed by atoms with Gasteiger partial charge < -0.3 is 10.2 Å². The average Bonchev–Trinajstić information content (AvgIpc) is 2.90. The summed E-state index contributed by atoms with van der Waals surface area (Å²) in [6.45, 7) is 4.58. The van der Waals surface area contributed by atoms with E-state index in [9.17, 15) is 8.42 Å². The normalized spacial score (nSPS) is 18.9. The maximum absolute atomic E-state index is 11.8. The SMILES string of the molecule is CCN(c1cc(C)nc(Nc2ccccc2Cl)n1)C1CCS(=O)(=O)C1. The minimum atomic E-state index is -2.95. The minimum Gasteiger partial charge on any atom is -0.353 e. The molecule has 0 spiro atoms. The lowest BCUT2D eigenvalue weighted by molar-refractivity contribution is 0.599. The second-order valence-electron chi connectivity index (χ2n) is 6.14. The molecule has 1 aliphatic rings. The summed E-state index contributed by atoms with van der Waals surface area (Å²) in [6, 6.07) is 9.23. The van der Waals surface area contributed by atoms with Crippen molar-refractivity contribution in [2.24, 2.45) is 0 Å². The summed E-state index contributed by atoms with van der Waals surface area (Å²) in [6.07, 6.45) is 0.631. The van der Waals surface area contributed by atoms with Gasteiger partial charge in [-0.2, -0.15) is 4.98 Å². The monoisotopic (exact) mass is 380 g/mol. The topological polar surface area (TPSA) is 75.2 Å². The van der Waals surface area contributed by atoms with Gasteiger partial charge in [0.05, 0.1) is 22.2 Å². The Bertz CT molecular complexity index is 873. The Balaban J connectivity index is 1.89. The quantitative estimate of drug-likeness (QED) is 0.858. The van der Waals surface area contributed by atoms with Crippen LogP contribution in [0.3, 0.4) is 0 Å². The first kappa shape index (κ1) is 17.9. The molecule has 2 heterocycles. The maximum atomic E-state index is 11.8. The number of halogens is 1. The van der Waals surface area contributed by atoms with Gasteiger partial charge in [-0.3, -0.25) is 0 Å². The Hall–Kier alpha value is -1.86. The average molecular weight is 381 g/mol. The van der Waals surface area contributed by atoms with Crippen molar-refractivity contribution in [3.8, 4) is 0 Å². The van der Waals surface area contributed by atoms with Crippen molar-refractivity contribution in [3.05, 3.63) is 41.0 Å². The number of hydrogen-bond donors (Lipinski definition) is 1. The fourth-order valence-corrected chi connectivity index (χ4v) is 4.98. The lowest BCUT2D eigenvalue weighted by atomic mass is 10.2. The summed E-state index contributed by atoms with van der Waals surface area (Å²) in [4.78, 5) is 11.0. The van der Waals surface area contributed by atoms with E-state index >= 15 is 0 Å². The molecule has 1 atom stereocenters. The summed E-state index contributed by atoms with van der Waals surface area (Å²) < 4.78 is 23.6. The molecule has 1 aromatic carbocycles. The molecule has 1 N–H and O–H groups in total. The van der Waals surface area contributed by atoms with E-state index < -0.39 is 9.84 Å². The molecule has 1 fully saturated rings. The molecule has 0 bridgehead atoms. The number of sulfone groups is 1. The van der Waals surface area contributed by atoms with Crippen LogP contribution in [0.25, 0.3) is 0 Å². The molecule has 0 aliphatic carbocycles. The van der Waals surface area contributed by atoms with Gasteiger partial charge in [-0.15, -0.1) is 0 Å². The molecule has 0 radical (unpaired) electrons. The lowest BCUT2D eigenvalue weighted by Crippen LogP contribution is -2.36. The number of nitrogens with one attached hydrogen (secondary N) is 1. The molecule has 1 aromatic heterocycles. The van der Waals surface area contributed by atoms with Crippen LogP contribution in [0.2, 0.25) is 5.02 Å². The van der Waals surface area contributed by atoms with Crippen molar-refractivity contribution in [1.82, 2.24) is 9.97 Å². The van der Waals surface area contributed by atoms with Crippen LogP contribution in [-0.2, 0) is 9.84 Å². The van der Waals surface area contributed by atoms with Gasteiger partial charge in [0, 0.05) is 24.3 Å². The number of nitrogens with zero attached hydrogens (tertiary/aromatic N) is 3. The molecule has 1 aliphatic heterocycles. The molecule has 1 unspecified atom stereocenters. The third kappa shape index (κ3) is 4.22. The predicted molar refractivity (Wildman–Crippen MR) is 102 cm³/mol. The van der Waals surface area contributed by atoms with Crippen LogP contribution in [0.1, 0.15) is 19.0 Å². The van der Waals surface area contributed by atoms with E-state index in [2.05, 4.69) is 15.3 Å². The Morgan fingerprint density at radius 1 is 1.32 bits per heavy atom. The van der Waals surface area contributed by atoms with Crippen molar-refractivity contribution < 1.29 is 8.42 Å². The highest BCUT2D eigenvalue weighted by molar-refractivity contribution is 7.91. The third-order valence-corrected chi connectivity index (χ3v) is 6.33. The molecular weight excluding hydrogens is 360 g/mol. The van der Waals surface area contributed by atoms with E-state index in [-0.39, 0.29) is 17.5 Å². The Labute approximate surface area is 153 Å². The fraction of sp³-hybridized carbons (Fsp3) is 0.412. The van der Waals surface area contributed by atoms with Crippen molar-refractivity contribution in [2.45, 2.75) is 26.3 Å². The molecule has 0 amide bonds. The van der Waals surface area contributed by atoms with Gasteiger partial charge in [0.2, 0.25) is 5.95 Å².